The quantitative estimate of drug-likeness (QED) is 0.693. The maximum Gasteiger partial charge on any atom is 0.319 e. The summed E-state index contributed by atoms with van der Waals surface area (Å²) in [6, 6.07) is 16.8. The normalized spacial score (nSPS) is 10.7. The number of urea groups is 1. The van der Waals surface area contributed by atoms with Gasteiger partial charge in [-0.15, -0.1) is 0 Å². The van der Waals surface area contributed by atoms with Crippen molar-refractivity contribution in [3.63, 3.8) is 0 Å². The number of rotatable bonds is 5. The molecule has 0 aliphatic carbocycles. The number of nitrogens with one attached hydrogen (secondary N) is 2. The first-order chi connectivity index (χ1) is 13.5. The fourth-order valence-electron chi connectivity index (χ4n) is 2.45. The first kappa shape index (κ1) is 19.1. The molecule has 0 atom stereocenters. The number of hydrogen-bond acceptors (Lipinski definition) is 5. The van der Waals surface area contributed by atoms with Gasteiger partial charge in [0.1, 0.15) is 0 Å². The lowest BCUT2D eigenvalue weighted by molar-refractivity contribution is 0.251. The van der Waals surface area contributed by atoms with Crippen LogP contribution in [0.2, 0.25) is 0 Å². The Kier molecular flexibility index (Phi) is 5.67. The molecule has 28 heavy (non-hydrogen) atoms. The van der Waals surface area contributed by atoms with E-state index in [1.54, 1.807) is 18.5 Å². The SMILES string of the molecule is N#Cc1cccc(S(=O)(=O)c2ccc(NC(=O)NCc3cccnc3)cc2)c1. The van der Waals surface area contributed by atoms with Crippen molar-refractivity contribution in [2.24, 2.45) is 0 Å². The number of benzene rings is 2. The Hall–Kier alpha value is -3.70. The van der Waals surface area contributed by atoms with Gasteiger partial charge < -0.3 is 10.6 Å². The minimum absolute atomic E-state index is 0.0430. The summed E-state index contributed by atoms with van der Waals surface area (Å²) in [5.74, 6) is 0. The van der Waals surface area contributed by atoms with Gasteiger partial charge in [-0.1, -0.05) is 12.1 Å². The van der Waals surface area contributed by atoms with E-state index in [4.69, 9.17) is 5.26 Å². The van der Waals surface area contributed by atoms with E-state index >= 15 is 0 Å². The van der Waals surface area contributed by atoms with Crippen molar-refractivity contribution in [3.05, 3.63) is 84.2 Å². The van der Waals surface area contributed by atoms with Crippen molar-refractivity contribution >= 4 is 21.6 Å². The molecule has 3 aromatic rings. The van der Waals surface area contributed by atoms with Crippen molar-refractivity contribution in [2.75, 3.05) is 5.32 Å². The highest BCUT2D eigenvalue weighted by molar-refractivity contribution is 7.91. The number of carbonyl (C=O) groups is 1. The predicted octanol–water partition coefficient (Wildman–Crippen LogP) is 3.11. The molecule has 1 heterocycles. The first-order valence-electron chi connectivity index (χ1n) is 8.28. The average Bonchev–Trinajstić information content (AvgIpc) is 2.73. The Bertz CT molecular complexity index is 1120. The zero-order valence-corrected chi connectivity index (χ0v) is 15.5. The van der Waals surface area contributed by atoms with Gasteiger partial charge in [-0.05, 0) is 54.1 Å². The Morgan fingerprint density at radius 2 is 1.82 bits per heavy atom. The van der Waals surface area contributed by atoms with Gasteiger partial charge in [0.25, 0.3) is 0 Å². The van der Waals surface area contributed by atoms with Gasteiger partial charge in [0.15, 0.2) is 0 Å². The molecule has 0 bridgehead atoms. The molecule has 0 fully saturated rings. The molecular formula is C20H16N4O3S. The van der Waals surface area contributed by atoms with E-state index in [0.717, 1.165) is 5.56 Å². The van der Waals surface area contributed by atoms with Crippen molar-refractivity contribution in [3.8, 4) is 6.07 Å². The van der Waals surface area contributed by atoms with Gasteiger partial charge in [0.05, 0.1) is 21.4 Å². The van der Waals surface area contributed by atoms with Gasteiger partial charge in [0.2, 0.25) is 9.84 Å². The minimum atomic E-state index is -3.75. The average molecular weight is 392 g/mol. The van der Waals surface area contributed by atoms with E-state index in [1.807, 2.05) is 12.1 Å². The standard InChI is InChI=1S/C20H16N4O3S/c21-12-15-3-1-5-19(11-15)28(26,27)18-8-6-17(7-9-18)24-20(25)23-14-16-4-2-10-22-13-16/h1-11,13H,14H2,(H2,23,24,25). The number of nitriles is 1. The monoisotopic (exact) mass is 392 g/mol. The lowest BCUT2D eigenvalue weighted by Crippen LogP contribution is -2.28. The second-order valence-corrected chi connectivity index (χ2v) is 7.79. The van der Waals surface area contributed by atoms with Crippen LogP contribution < -0.4 is 10.6 Å². The predicted molar refractivity (Wildman–Crippen MR) is 103 cm³/mol. The molecule has 0 radical (unpaired) electrons. The number of anilines is 1. The molecule has 2 aromatic carbocycles. The smallest absolute Gasteiger partial charge is 0.319 e. The van der Waals surface area contributed by atoms with Gasteiger partial charge in [-0.3, -0.25) is 4.98 Å². The summed E-state index contributed by atoms with van der Waals surface area (Å²) in [5.41, 5.74) is 1.58. The van der Waals surface area contributed by atoms with E-state index in [0.29, 0.717) is 12.2 Å². The molecule has 0 saturated carbocycles. The van der Waals surface area contributed by atoms with Crippen molar-refractivity contribution in [2.45, 2.75) is 16.3 Å². The van der Waals surface area contributed by atoms with E-state index in [9.17, 15) is 13.2 Å². The molecule has 0 saturated heterocycles. The van der Waals surface area contributed by atoms with E-state index in [1.165, 1.54) is 48.5 Å². The van der Waals surface area contributed by atoms with E-state index in [2.05, 4.69) is 15.6 Å². The van der Waals surface area contributed by atoms with Gasteiger partial charge in [0, 0.05) is 24.6 Å². The van der Waals surface area contributed by atoms with Gasteiger partial charge >= 0.3 is 6.03 Å². The Labute approximate surface area is 162 Å². The van der Waals surface area contributed by atoms with Crippen LogP contribution in [0, 0.1) is 11.3 Å². The summed E-state index contributed by atoms with van der Waals surface area (Å²) in [4.78, 5) is 16.1. The number of hydrogen-bond donors (Lipinski definition) is 2. The van der Waals surface area contributed by atoms with Crippen LogP contribution in [0.15, 0.2) is 82.8 Å². The van der Waals surface area contributed by atoms with Crippen LogP contribution in [0.5, 0.6) is 0 Å². The molecule has 7 nitrogen and oxygen atoms in total. The summed E-state index contributed by atoms with van der Waals surface area (Å²) in [7, 11) is -3.75. The summed E-state index contributed by atoms with van der Waals surface area (Å²) in [5, 5.41) is 14.3. The van der Waals surface area contributed by atoms with Crippen LogP contribution >= 0.6 is 0 Å². The zero-order chi connectivity index (χ0) is 20.0. The molecule has 0 aliphatic heterocycles. The molecule has 1 aromatic heterocycles. The highest BCUT2D eigenvalue weighted by atomic mass is 32.2. The Balaban J connectivity index is 1.67. The summed E-state index contributed by atoms with van der Waals surface area (Å²) < 4.78 is 25.4. The van der Waals surface area contributed by atoms with Crippen LogP contribution in [0.4, 0.5) is 10.5 Å². The molecule has 140 valence electrons. The van der Waals surface area contributed by atoms with Crippen LogP contribution in [0.1, 0.15) is 11.1 Å². The molecule has 3 rings (SSSR count). The number of pyridine rings is 1. The maximum atomic E-state index is 12.7. The third-order valence-corrected chi connectivity index (χ3v) is 5.64. The molecule has 2 amide bonds. The summed E-state index contributed by atoms with van der Waals surface area (Å²) >= 11 is 0. The molecule has 8 heteroatoms. The number of carbonyl (C=O) groups excluding carboxylic acids is 1. The lowest BCUT2D eigenvalue weighted by atomic mass is 10.2. The van der Waals surface area contributed by atoms with Crippen molar-refractivity contribution < 1.29 is 13.2 Å². The zero-order valence-electron chi connectivity index (χ0n) is 14.7. The topological polar surface area (TPSA) is 112 Å². The molecular weight excluding hydrogens is 376 g/mol. The molecule has 2 N–H and O–H groups in total. The molecule has 0 spiro atoms. The van der Waals surface area contributed by atoms with Crippen LogP contribution in [-0.4, -0.2) is 19.4 Å². The van der Waals surface area contributed by atoms with E-state index < -0.39 is 15.9 Å². The highest BCUT2D eigenvalue weighted by Crippen LogP contribution is 2.23. The Morgan fingerprint density at radius 3 is 2.50 bits per heavy atom. The number of nitrogens with zero attached hydrogens (tertiary/aromatic N) is 2. The van der Waals surface area contributed by atoms with Crippen molar-refractivity contribution in [1.82, 2.24) is 10.3 Å². The summed E-state index contributed by atoms with van der Waals surface area (Å²) in [6.07, 6.45) is 3.30. The lowest BCUT2D eigenvalue weighted by Gasteiger charge is -2.09. The van der Waals surface area contributed by atoms with Gasteiger partial charge in [-0.2, -0.15) is 5.26 Å². The first-order valence-corrected chi connectivity index (χ1v) is 9.76. The molecule has 0 unspecified atom stereocenters. The largest absolute Gasteiger partial charge is 0.334 e. The highest BCUT2D eigenvalue weighted by Gasteiger charge is 2.18. The second-order valence-electron chi connectivity index (χ2n) is 5.84. The van der Waals surface area contributed by atoms with Crippen LogP contribution in [0.25, 0.3) is 0 Å². The van der Waals surface area contributed by atoms with Crippen molar-refractivity contribution in [1.29, 1.82) is 5.26 Å². The van der Waals surface area contributed by atoms with Gasteiger partial charge in [-0.25, -0.2) is 13.2 Å². The van der Waals surface area contributed by atoms with Crippen LogP contribution in [0.3, 0.4) is 0 Å². The molecule has 0 aliphatic rings. The fraction of sp³-hybridized carbons (Fsp3) is 0.0500. The Morgan fingerprint density at radius 1 is 1.04 bits per heavy atom. The van der Waals surface area contributed by atoms with E-state index in [-0.39, 0.29) is 15.4 Å². The number of amides is 2. The maximum absolute atomic E-state index is 12.7. The third kappa shape index (κ3) is 4.52. The number of sulfone groups is 1. The van der Waals surface area contributed by atoms with Crippen LogP contribution in [-0.2, 0) is 16.4 Å². The third-order valence-electron chi connectivity index (χ3n) is 3.87. The minimum Gasteiger partial charge on any atom is -0.334 e. The fourth-order valence-corrected chi connectivity index (χ4v) is 3.75. The second kappa shape index (κ2) is 8.33. The summed E-state index contributed by atoms with van der Waals surface area (Å²) in [6.45, 7) is 0.321. The number of aromatic nitrogens is 1.